The maximum absolute atomic E-state index is 16.0. The lowest BCUT2D eigenvalue weighted by Gasteiger charge is -2.36. The fraction of sp³-hybridized carbons (Fsp3) is 0.588. The van der Waals surface area contributed by atoms with Crippen LogP contribution in [0, 0.1) is 11.8 Å². The lowest BCUT2D eigenvalue weighted by atomic mass is 9.99. The van der Waals surface area contributed by atoms with Gasteiger partial charge in [-0.1, -0.05) is 116 Å². The first-order valence-corrected chi connectivity index (χ1v) is 50.0. The number of benzene rings is 3. The summed E-state index contributed by atoms with van der Waals surface area (Å²) in [6.07, 6.45) is -8.23. The number of thioether (sulfide) groups is 1. The minimum atomic E-state index is -2.14. The Kier molecular flexibility index (Phi) is 45.2. The van der Waals surface area contributed by atoms with Gasteiger partial charge in [-0.3, -0.25) is 86.3 Å². The molecule has 2 aromatic heterocycles. The van der Waals surface area contributed by atoms with Gasteiger partial charge in [0.1, 0.15) is 115 Å². The zero-order valence-electron chi connectivity index (χ0n) is 83.3. The van der Waals surface area contributed by atoms with Gasteiger partial charge in [-0.2, -0.15) is 0 Å². The number of hydrogen-bond donors (Lipinski definition) is 23. The number of hydrogen-bond acceptors (Lipinski definition) is 28. The number of carbonyl (C=O) groups excluding carboxylic acids is 17. The fourth-order valence-electron chi connectivity index (χ4n) is 17.8. The average Bonchev–Trinajstić information content (AvgIpc) is 1.64. The van der Waals surface area contributed by atoms with E-state index in [0.717, 1.165) is 36.3 Å². The number of para-hydroxylation sites is 2. The second kappa shape index (κ2) is 55.9. The van der Waals surface area contributed by atoms with Crippen LogP contribution in [0.5, 0.6) is 5.75 Å². The molecule has 3 saturated heterocycles. The molecule has 0 bridgehead atoms. The van der Waals surface area contributed by atoms with Crippen LogP contribution in [0.3, 0.4) is 0 Å². The van der Waals surface area contributed by atoms with Gasteiger partial charge in [0.05, 0.1) is 37.5 Å². The van der Waals surface area contributed by atoms with Crippen molar-refractivity contribution in [3.05, 3.63) is 102 Å². The topological polar surface area (TPSA) is 716 Å². The number of nitrogens with two attached hydrogens (primary N) is 3. The van der Waals surface area contributed by atoms with Crippen LogP contribution in [0.25, 0.3) is 21.8 Å². The number of nitrogens with zero attached hydrogens (tertiary/aromatic N) is 6. The number of nitrogens with one attached hydrogen (secondary N) is 12. The maximum atomic E-state index is 16.0. The molecule has 5 aromatic rings. The number of carboxylic acid groups (broad SMARTS) is 1. The number of aliphatic hydroxyl groups is 6. The van der Waals surface area contributed by atoms with Crippen molar-refractivity contribution in [1.29, 1.82) is 0 Å². The maximum Gasteiger partial charge on any atom is 0.323 e. The third kappa shape index (κ3) is 33.3. The highest BCUT2D eigenvalue weighted by molar-refractivity contribution is 8.00. The van der Waals surface area contributed by atoms with Gasteiger partial charge in [0, 0.05) is 113 Å². The Balaban J connectivity index is 1.24. The summed E-state index contributed by atoms with van der Waals surface area (Å²) < 4.78 is 1.42. The number of aliphatic carboxylic acids is 1. The Morgan fingerprint density at radius 2 is 1.10 bits per heavy atom. The first kappa shape index (κ1) is 117. The van der Waals surface area contributed by atoms with Crippen molar-refractivity contribution in [2.45, 2.75) is 273 Å². The molecule has 3 fully saturated rings. The quantitative estimate of drug-likeness (QED) is 0.0187. The second-order valence-corrected chi connectivity index (χ2v) is 39.1. The van der Waals surface area contributed by atoms with E-state index in [1.54, 1.807) is 82.4 Å². The van der Waals surface area contributed by atoms with Gasteiger partial charge in [0.25, 0.3) is 0 Å². The zero-order chi connectivity index (χ0) is 107. The van der Waals surface area contributed by atoms with E-state index in [9.17, 15) is 79.2 Å². The Morgan fingerprint density at radius 1 is 0.552 bits per heavy atom. The standard InChI is InChI=1S/C97H143N21O26S/c1-11-13-23-72-90(137)106-63(34-51(3)4)87(134)112-70(85(132)103-44-79(100)125)49-145-50-80(126)104-66(36-54-27-29-57(120)30-28-54)93(140)113(8)53(7)84(131)108-68(40-78(99)124)95(142)117-33-19-26-73(117)91(138)111-69(42-101-43-76(122)82(129)83(130)77(123)48-119)89(136)109-65(35-52(5)6)96(143)118-46-58(121)39-75(118)92(139)107-64(37-55-41-102-61-22-17-15-20-59(55)61)88(135)105-62(31-32-98)86(133)110-67(94(141)115(10)74(24-14-12-2)97(144)114(72)9)38-56-45-116(47-81(127)128)71-25-18-16-21-60(56)71/h15-18,20-22,25,27-30,41,45,51-53,58,62-70,72-77,82-83,101-102,119-123,129-130H,11-14,19,23-24,26,31-40,42-44,46-50,98H2,1-10H3,(H2,99,124)(H2,100,125)(H,103,132)(H,104,126)(H,105,135)(H,106,137)(H,107,139)(H,108,131)(H,109,136)(H,110,133)(H,111,138)(H,112,134)(H,127,128)/t53-,58+,62-,63-,64-,65-,66-,67-,68-,69-,70-,72-,73-,74-,75-,76+,77-,82-,83-/m0/s1. The van der Waals surface area contributed by atoms with Crippen molar-refractivity contribution in [2.75, 3.05) is 78.5 Å². The number of likely N-dealkylation sites (N-methyl/N-ethyl adjacent to an activating group) is 3. The van der Waals surface area contributed by atoms with E-state index in [0.29, 0.717) is 64.2 Å². The summed E-state index contributed by atoms with van der Waals surface area (Å²) >= 11 is 0.758. The van der Waals surface area contributed by atoms with Gasteiger partial charge in [-0.15, -0.1) is 11.8 Å². The van der Waals surface area contributed by atoms with Crippen LogP contribution in [-0.2, 0) is 112 Å². The smallest absolute Gasteiger partial charge is 0.323 e. The molecule has 3 aliphatic rings. The van der Waals surface area contributed by atoms with E-state index >= 15 is 47.9 Å². The molecule has 0 aliphatic carbocycles. The van der Waals surface area contributed by atoms with Crippen LogP contribution in [0.15, 0.2) is 85.2 Å². The summed E-state index contributed by atoms with van der Waals surface area (Å²) in [6, 6.07) is -3.62. The van der Waals surface area contributed by atoms with Gasteiger partial charge in [0.2, 0.25) is 100 Å². The largest absolute Gasteiger partial charge is 0.508 e. The molecule has 48 heteroatoms. The van der Waals surface area contributed by atoms with Crippen LogP contribution < -0.4 is 75.7 Å². The van der Waals surface area contributed by atoms with Crippen molar-refractivity contribution >= 4 is 140 Å². The number of phenols is 1. The number of aromatic nitrogens is 2. The monoisotopic (exact) mass is 2050 g/mol. The third-order valence-corrected chi connectivity index (χ3v) is 26.9. The van der Waals surface area contributed by atoms with Crippen molar-refractivity contribution in [3.8, 4) is 5.75 Å². The number of carboxylic acids is 1. The molecule has 17 amide bonds. The normalized spacial score (nSPS) is 24.9. The number of unbranched alkanes of at least 4 members (excludes halogenated alkanes) is 2. The van der Waals surface area contributed by atoms with Crippen LogP contribution >= 0.6 is 11.8 Å². The molecule has 5 heterocycles. The number of rotatable bonds is 33. The number of aromatic hydroxyl groups is 1. The Labute approximate surface area is 843 Å². The number of fused-ring (bicyclic) bond motifs is 4. The Morgan fingerprint density at radius 3 is 1.74 bits per heavy atom. The molecule has 3 aromatic carbocycles. The molecule has 0 saturated carbocycles. The Hall–Kier alpha value is -13.0. The lowest BCUT2D eigenvalue weighted by molar-refractivity contribution is -0.149. The van der Waals surface area contributed by atoms with Crippen LogP contribution in [-0.4, -0.2) is 375 Å². The molecule has 19 atom stereocenters. The molecule has 26 N–H and O–H groups in total. The van der Waals surface area contributed by atoms with Crippen molar-refractivity contribution < 1.29 is 127 Å². The molecule has 798 valence electrons. The van der Waals surface area contributed by atoms with E-state index in [4.69, 9.17) is 17.2 Å². The predicted octanol–water partition coefficient (Wildman–Crippen LogP) is -5.17. The van der Waals surface area contributed by atoms with Gasteiger partial charge in [-0.05, 0) is 111 Å². The van der Waals surface area contributed by atoms with E-state index in [-0.39, 0.29) is 82.5 Å². The van der Waals surface area contributed by atoms with E-state index in [1.165, 1.54) is 63.1 Å². The average molecular weight is 2050 g/mol. The molecule has 3 aliphatic heterocycles. The molecule has 145 heavy (non-hydrogen) atoms. The molecule has 8 rings (SSSR count). The number of amides is 17. The van der Waals surface area contributed by atoms with Gasteiger partial charge < -0.3 is 151 Å². The molecule has 0 radical (unpaired) electrons. The minimum Gasteiger partial charge on any atom is -0.508 e. The first-order valence-electron chi connectivity index (χ1n) is 48.8. The number of H-pyrrole nitrogens is 1. The van der Waals surface area contributed by atoms with E-state index in [2.05, 4.69) is 63.5 Å². The van der Waals surface area contributed by atoms with Crippen molar-refractivity contribution in [3.63, 3.8) is 0 Å². The molecule has 0 unspecified atom stereocenters. The molecule has 0 spiro atoms. The molecule has 47 nitrogen and oxygen atoms in total. The summed E-state index contributed by atoms with van der Waals surface area (Å²) in [6.45, 7) is 6.87. The molecular weight excluding hydrogens is 1910 g/mol. The van der Waals surface area contributed by atoms with Gasteiger partial charge in [0.15, 0.2) is 0 Å². The highest BCUT2D eigenvalue weighted by Crippen LogP contribution is 2.29. The number of aromatic amines is 1. The van der Waals surface area contributed by atoms with Crippen molar-refractivity contribution in [1.82, 2.24) is 92.5 Å². The number of carbonyl (C=O) groups is 18. The second-order valence-electron chi connectivity index (χ2n) is 38.0. The molecular formula is C97H143N21O26S. The number of primary amides is 2. The summed E-state index contributed by atoms with van der Waals surface area (Å²) in [4.78, 5) is 273. The number of phenolic OH excluding ortho intramolecular Hbond substituents is 1. The zero-order valence-corrected chi connectivity index (χ0v) is 84.2. The summed E-state index contributed by atoms with van der Waals surface area (Å²) in [5.74, 6) is -20.1. The predicted molar refractivity (Wildman–Crippen MR) is 530 cm³/mol. The highest BCUT2D eigenvalue weighted by Gasteiger charge is 2.47. The van der Waals surface area contributed by atoms with E-state index < -0.39 is 298 Å². The lowest BCUT2D eigenvalue weighted by Crippen LogP contribution is -2.62. The SMILES string of the molecule is CCCC[C@H]1C(=O)N(C)[C@@H](CCCC)C(=O)N[C@@H](CC(C)C)C(=O)N[C@H](C(=O)NCC(N)=O)CSCC(=O)N[C@@H](Cc2ccc(O)cc2)C(=O)N(C)[C@@H](C)C(=O)N[C@@H](CC(N)=O)C(=O)N2CCC[C@H]2C(=O)N[C@@H](CNC[C@@H](O)[C@H](O)[C@@H](O)[C@@H](O)CO)C(=O)N[C@@H](CC(C)C)C(=O)N2C[C@H](O)C[C@H]2C(=O)N[C@@H](Cc2c[nH]c3ccccc23)C(=O)N[C@@H](CCN)C(=O)N[C@@H](Cc2cn(CC(=O)O)c3ccccc23)C(=O)N1C. The fourth-order valence-corrected chi connectivity index (χ4v) is 18.7. The summed E-state index contributed by atoms with van der Waals surface area (Å²) in [5.41, 5.74) is 19.6. The van der Waals surface area contributed by atoms with Crippen LogP contribution in [0.2, 0.25) is 0 Å². The van der Waals surface area contributed by atoms with Crippen LogP contribution in [0.4, 0.5) is 0 Å². The summed E-state index contributed by atoms with van der Waals surface area (Å²) in [5, 5.41) is 114. The highest BCUT2D eigenvalue weighted by atomic mass is 32.2. The Bertz CT molecular complexity index is 5350. The summed E-state index contributed by atoms with van der Waals surface area (Å²) in [7, 11) is 3.84. The number of aliphatic hydroxyl groups excluding tert-OH is 6. The van der Waals surface area contributed by atoms with Gasteiger partial charge in [-0.25, -0.2) is 0 Å². The van der Waals surface area contributed by atoms with Gasteiger partial charge >= 0.3 is 5.97 Å². The third-order valence-electron chi connectivity index (χ3n) is 25.9. The van der Waals surface area contributed by atoms with Crippen LogP contribution in [0.1, 0.15) is 149 Å². The van der Waals surface area contributed by atoms with Crippen molar-refractivity contribution in [2.24, 2.45) is 29.0 Å². The van der Waals surface area contributed by atoms with E-state index in [1.807, 2.05) is 13.8 Å². The first-order chi connectivity index (χ1) is 68.7. The minimum absolute atomic E-state index is 0.0194.